The second kappa shape index (κ2) is 5.46. The van der Waals surface area contributed by atoms with Crippen molar-refractivity contribution in [2.45, 2.75) is 6.92 Å². The van der Waals surface area contributed by atoms with Crippen LogP contribution in [0.3, 0.4) is 0 Å². The van der Waals surface area contributed by atoms with Crippen LogP contribution < -0.4 is 3.58 Å². The third kappa shape index (κ3) is 2.58. The zero-order valence-corrected chi connectivity index (χ0v) is 13.6. The van der Waals surface area contributed by atoms with Gasteiger partial charge < -0.3 is 0 Å². The fourth-order valence-corrected chi connectivity index (χ4v) is 9.26. The zero-order valence-electron chi connectivity index (χ0n) is 10.7. The van der Waals surface area contributed by atoms with Gasteiger partial charge in [-0.15, -0.1) is 0 Å². The number of hydrogen-bond donors (Lipinski definition) is 0. The summed E-state index contributed by atoms with van der Waals surface area (Å²) in [6, 6.07) is 8.46. The van der Waals surface area contributed by atoms with Crippen LogP contribution in [0.25, 0.3) is 0 Å². The van der Waals surface area contributed by atoms with Gasteiger partial charge in [-0.3, -0.25) is 0 Å². The van der Waals surface area contributed by atoms with E-state index in [4.69, 9.17) is 9.22 Å². The van der Waals surface area contributed by atoms with E-state index in [1.54, 1.807) is 0 Å². The van der Waals surface area contributed by atoms with Gasteiger partial charge in [-0.05, 0) is 0 Å². The van der Waals surface area contributed by atoms with Gasteiger partial charge in [0.25, 0.3) is 0 Å². The van der Waals surface area contributed by atoms with Gasteiger partial charge >= 0.3 is 114 Å². The molecule has 3 aliphatic rings. The topological polar surface area (TPSA) is 30.9 Å². The molecule has 0 unspecified atom stereocenters. The number of fused-ring (bicyclic) bond motifs is 6. The van der Waals surface area contributed by atoms with Crippen LogP contribution in [0.4, 0.5) is 0 Å². The number of hydrogen-bond acceptors (Lipinski definition) is 4. The van der Waals surface area contributed by atoms with Crippen LogP contribution in [0.5, 0.6) is 0 Å². The summed E-state index contributed by atoms with van der Waals surface area (Å²) in [5.74, 6) is 0. The molecule has 2 bridgehead atoms. The fraction of sp³-hybridized carbons (Fsp3) is 0.538. The molecule has 3 aliphatic heterocycles. The van der Waals surface area contributed by atoms with Crippen LogP contribution in [0.2, 0.25) is 0 Å². The summed E-state index contributed by atoms with van der Waals surface area (Å²) in [6.07, 6.45) is 0. The Labute approximate surface area is 113 Å². The molecule has 0 radical (unpaired) electrons. The average Bonchev–Trinajstić information content (AvgIpc) is 2.28. The molecule has 5 heteroatoms. The van der Waals surface area contributed by atoms with Crippen molar-refractivity contribution in [2.24, 2.45) is 0 Å². The van der Waals surface area contributed by atoms with Crippen molar-refractivity contribution < 1.29 is 9.22 Å². The first-order valence-electron chi connectivity index (χ1n) is 6.50. The molecule has 0 aliphatic carbocycles. The Morgan fingerprint density at radius 3 is 1.89 bits per heavy atom. The minimum atomic E-state index is -3.50. The van der Waals surface area contributed by atoms with Crippen molar-refractivity contribution in [1.82, 2.24) is 4.90 Å². The Hall–Kier alpha value is -0.141. The van der Waals surface area contributed by atoms with Crippen molar-refractivity contribution in [3.63, 3.8) is 0 Å². The van der Waals surface area contributed by atoms with E-state index in [2.05, 4.69) is 36.1 Å². The average molecular weight is 356 g/mol. The number of aryl methyl sites for hydroxylation is 1. The van der Waals surface area contributed by atoms with Gasteiger partial charge in [-0.2, -0.15) is 0 Å². The molecule has 0 atom stereocenters. The van der Waals surface area contributed by atoms with Gasteiger partial charge in [-0.25, -0.2) is 0 Å². The van der Waals surface area contributed by atoms with Crippen molar-refractivity contribution in [1.29, 1.82) is 0 Å². The van der Waals surface area contributed by atoms with E-state index in [0.29, 0.717) is 0 Å². The summed E-state index contributed by atoms with van der Waals surface area (Å²) in [6.45, 7) is 7.26. The SMILES string of the molecule is Cc1cc[c]([Sn]23[O]CCN(CC[O]2)CC[O]3)cc1. The van der Waals surface area contributed by atoms with E-state index < -0.39 is 19.6 Å². The Bertz CT molecular complexity index is 383. The van der Waals surface area contributed by atoms with E-state index in [9.17, 15) is 0 Å². The molecule has 4 rings (SSSR count). The number of nitrogens with zero attached hydrogens (tertiary/aromatic N) is 1. The molecule has 0 saturated carbocycles. The van der Waals surface area contributed by atoms with Crippen molar-refractivity contribution in [3.8, 4) is 0 Å². The second-order valence-corrected chi connectivity index (χ2v) is 12.1. The third-order valence-corrected chi connectivity index (χ3v) is 11.5. The fourth-order valence-electron chi connectivity index (χ4n) is 2.40. The Balaban J connectivity index is 1.91. The molecule has 1 aromatic carbocycles. The van der Waals surface area contributed by atoms with Crippen LogP contribution >= 0.6 is 0 Å². The molecular weight excluding hydrogens is 337 g/mol. The van der Waals surface area contributed by atoms with Crippen LogP contribution in [0, 0.1) is 6.92 Å². The first-order valence-corrected chi connectivity index (χ1v) is 11.4. The zero-order chi connectivity index (χ0) is 12.4. The maximum atomic E-state index is 6.09. The minimum absolute atomic E-state index is 0.726. The first kappa shape index (κ1) is 12.9. The molecule has 98 valence electrons. The van der Waals surface area contributed by atoms with Gasteiger partial charge in [0.05, 0.1) is 0 Å². The summed E-state index contributed by atoms with van der Waals surface area (Å²) in [7, 11) is 0. The van der Waals surface area contributed by atoms with Gasteiger partial charge in [0, 0.05) is 0 Å². The van der Waals surface area contributed by atoms with Crippen LogP contribution in [-0.2, 0) is 9.22 Å². The monoisotopic (exact) mass is 357 g/mol. The Morgan fingerprint density at radius 2 is 1.39 bits per heavy atom. The Morgan fingerprint density at radius 1 is 0.889 bits per heavy atom. The molecule has 0 N–H and O–H groups in total. The molecule has 3 heterocycles. The third-order valence-electron chi connectivity index (χ3n) is 3.50. The predicted octanol–water partition coefficient (Wildman–Crippen LogP) is 0.520. The molecule has 0 aromatic heterocycles. The second-order valence-electron chi connectivity index (χ2n) is 4.81. The van der Waals surface area contributed by atoms with Gasteiger partial charge in [0.15, 0.2) is 0 Å². The van der Waals surface area contributed by atoms with Crippen molar-refractivity contribution >= 4 is 23.2 Å². The number of benzene rings is 1. The molecule has 1 aromatic rings. The van der Waals surface area contributed by atoms with Crippen molar-refractivity contribution in [3.05, 3.63) is 29.8 Å². The molecule has 3 saturated heterocycles. The maximum absolute atomic E-state index is 6.09. The molecule has 0 spiro atoms. The normalized spacial score (nSPS) is 32.6. The molecule has 0 amide bonds. The van der Waals surface area contributed by atoms with E-state index >= 15 is 0 Å². The molecule has 18 heavy (non-hydrogen) atoms. The summed E-state index contributed by atoms with van der Waals surface area (Å²) in [5, 5.41) is 0. The van der Waals surface area contributed by atoms with Gasteiger partial charge in [-0.1, -0.05) is 0 Å². The van der Waals surface area contributed by atoms with Gasteiger partial charge in [0.1, 0.15) is 0 Å². The van der Waals surface area contributed by atoms with Crippen LogP contribution in [0.1, 0.15) is 5.56 Å². The summed E-state index contributed by atoms with van der Waals surface area (Å²) in [5.41, 5.74) is 1.25. The first-order chi connectivity index (χ1) is 8.78. The molecular formula is C13H19NO3Sn. The van der Waals surface area contributed by atoms with Crippen LogP contribution in [-0.4, -0.2) is 64.0 Å². The summed E-state index contributed by atoms with van der Waals surface area (Å²) < 4.78 is 19.4. The van der Waals surface area contributed by atoms with E-state index in [-0.39, 0.29) is 0 Å². The summed E-state index contributed by atoms with van der Waals surface area (Å²) >= 11 is -3.50. The van der Waals surface area contributed by atoms with Gasteiger partial charge in [0.2, 0.25) is 0 Å². The Kier molecular flexibility index (Phi) is 3.91. The standard InChI is InChI=1S/C7H7.C6H12NO3.Sn/c1-7-5-3-2-4-6-7;8-4-1-7(2-5-9)3-6-10;/h3-6H,1H3;1-6H2;/q;-3;+3. The quantitative estimate of drug-likeness (QED) is 0.687. The molecule has 4 nitrogen and oxygen atoms in total. The van der Waals surface area contributed by atoms with Crippen LogP contribution in [0.15, 0.2) is 24.3 Å². The van der Waals surface area contributed by atoms with E-state index in [1.165, 1.54) is 5.56 Å². The van der Waals surface area contributed by atoms with E-state index in [0.717, 1.165) is 43.0 Å². The number of rotatable bonds is 1. The molecule has 3 fully saturated rings. The van der Waals surface area contributed by atoms with E-state index in [1.807, 2.05) is 0 Å². The van der Waals surface area contributed by atoms with Crippen molar-refractivity contribution in [2.75, 3.05) is 39.5 Å². The predicted molar refractivity (Wildman–Crippen MR) is 70.9 cm³/mol. The summed E-state index contributed by atoms with van der Waals surface area (Å²) in [4.78, 5) is 2.34.